The van der Waals surface area contributed by atoms with Crippen LogP contribution >= 0.6 is 15.9 Å². The van der Waals surface area contributed by atoms with E-state index in [1.165, 1.54) is 0 Å². The minimum Gasteiger partial charge on any atom is -0.504 e. The fourth-order valence-corrected chi connectivity index (χ4v) is 1.62. The molecule has 0 saturated heterocycles. The fraction of sp³-hybridized carbons (Fsp3) is 0.333. The number of halogens is 3. The highest BCUT2D eigenvalue weighted by Crippen LogP contribution is 2.33. The predicted octanol–water partition coefficient (Wildman–Crippen LogP) is 1.69. The van der Waals surface area contributed by atoms with Crippen LogP contribution in [-0.2, 0) is 0 Å². The molecule has 0 radical (unpaired) electrons. The Morgan fingerprint density at radius 1 is 1.53 bits per heavy atom. The third-order valence-electron chi connectivity index (χ3n) is 1.91. The number of phenolic OH excluding ortho intramolecular Hbond substituents is 1. The Hall–Kier alpha value is -0.720. The molecule has 1 aromatic carbocycles. The molecule has 0 bridgehead atoms. The molecule has 1 aromatic rings. The molecule has 0 heterocycles. The number of rotatable bonds is 3. The highest BCUT2D eigenvalue weighted by Gasteiger charge is 2.22. The van der Waals surface area contributed by atoms with Crippen molar-refractivity contribution in [2.75, 3.05) is 13.6 Å². The number of aliphatic hydroxyl groups excluding tert-OH is 1. The van der Waals surface area contributed by atoms with Gasteiger partial charge in [-0.3, -0.25) is 0 Å². The second-order valence-corrected chi connectivity index (χ2v) is 3.84. The first-order chi connectivity index (χ1) is 6.99. The van der Waals surface area contributed by atoms with Crippen LogP contribution < -0.4 is 5.32 Å². The van der Waals surface area contributed by atoms with Crippen LogP contribution in [0.25, 0.3) is 0 Å². The molecule has 1 rings (SSSR count). The van der Waals surface area contributed by atoms with Crippen LogP contribution in [0, 0.1) is 11.6 Å². The van der Waals surface area contributed by atoms with Crippen LogP contribution in [0.5, 0.6) is 5.75 Å². The van der Waals surface area contributed by atoms with Gasteiger partial charge >= 0.3 is 0 Å². The molecule has 0 aliphatic carbocycles. The van der Waals surface area contributed by atoms with Crippen molar-refractivity contribution in [2.45, 2.75) is 6.10 Å². The Balaban J connectivity index is 3.26. The summed E-state index contributed by atoms with van der Waals surface area (Å²) in [5.74, 6) is -2.71. The van der Waals surface area contributed by atoms with E-state index < -0.39 is 29.1 Å². The summed E-state index contributed by atoms with van der Waals surface area (Å²) in [6.45, 7) is 0.0143. The minimum atomic E-state index is -1.30. The number of aliphatic hydroxyl groups is 1. The Labute approximate surface area is 93.9 Å². The van der Waals surface area contributed by atoms with Crippen LogP contribution in [0.4, 0.5) is 8.78 Å². The molecule has 0 aliphatic heterocycles. The summed E-state index contributed by atoms with van der Waals surface area (Å²) in [5.41, 5.74) is -0.448. The van der Waals surface area contributed by atoms with Crippen molar-refractivity contribution >= 4 is 15.9 Å². The van der Waals surface area contributed by atoms with Gasteiger partial charge in [0.05, 0.1) is 16.1 Å². The molecule has 0 amide bonds. The van der Waals surface area contributed by atoms with Crippen LogP contribution in [0.15, 0.2) is 10.5 Å². The average molecular weight is 282 g/mol. The highest BCUT2D eigenvalue weighted by molar-refractivity contribution is 9.10. The fourth-order valence-electron chi connectivity index (χ4n) is 1.20. The quantitative estimate of drug-likeness (QED) is 0.739. The van der Waals surface area contributed by atoms with Gasteiger partial charge in [0.2, 0.25) is 0 Å². The van der Waals surface area contributed by atoms with Gasteiger partial charge in [0.25, 0.3) is 0 Å². The second kappa shape index (κ2) is 4.87. The standard InChI is InChI=1S/C9H10BrF2NO2/c1-13-3-6(14)7-8(12)4(10)2-5(11)9(7)15/h2,6,13-15H,3H2,1H3. The normalized spacial score (nSPS) is 12.9. The summed E-state index contributed by atoms with van der Waals surface area (Å²) in [5, 5.41) is 21.4. The molecule has 0 fully saturated rings. The first-order valence-corrected chi connectivity index (χ1v) is 4.97. The van der Waals surface area contributed by atoms with Crippen LogP contribution in [0.3, 0.4) is 0 Å². The molecule has 0 aromatic heterocycles. The molecule has 0 saturated carbocycles. The SMILES string of the molecule is CNCC(O)c1c(O)c(F)cc(Br)c1F. The topological polar surface area (TPSA) is 52.5 Å². The third-order valence-corrected chi connectivity index (χ3v) is 2.49. The van der Waals surface area contributed by atoms with Crippen molar-refractivity contribution in [3.8, 4) is 5.75 Å². The summed E-state index contributed by atoms with van der Waals surface area (Å²) >= 11 is 2.79. The number of phenols is 1. The van der Waals surface area contributed by atoms with Gasteiger partial charge in [-0.25, -0.2) is 8.78 Å². The zero-order chi connectivity index (χ0) is 11.6. The zero-order valence-corrected chi connectivity index (χ0v) is 9.48. The molecule has 0 aliphatic rings. The number of benzene rings is 1. The molecule has 3 nitrogen and oxygen atoms in total. The highest BCUT2D eigenvalue weighted by atomic mass is 79.9. The van der Waals surface area contributed by atoms with Crippen molar-refractivity contribution in [1.82, 2.24) is 5.32 Å². The Morgan fingerprint density at radius 2 is 2.13 bits per heavy atom. The second-order valence-electron chi connectivity index (χ2n) is 2.99. The molecule has 6 heteroatoms. The van der Waals surface area contributed by atoms with Gasteiger partial charge in [-0.2, -0.15) is 0 Å². The average Bonchev–Trinajstić information content (AvgIpc) is 2.16. The predicted molar refractivity (Wildman–Crippen MR) is 54.6 cm³/mol. The van der Waals surface area contributed by atoms with Gasteiger partial charge in [-0.1, -0.05) is 0 Å². The van der Waals surface area contributed by atoms with Crippen LogP contribution in [0.1, 0.15) is 11.7 Å². The Morgan fingerprint density at radius 3 is 2.67 bits per heavy atom. The summed E-state index contributed by atoms with van der Waals surface area (Å²) < 4.78 is 26.4. The van der Waals surface area contributed by atoms with E-state index in [0.29, 0.717) is 0 Å². The Kier molecular flexibility index (Phi) is 4.01. The lowest BCUT2D eigenvalue weighted by Crippen LogP contribution is -2.18. The monoisotopic (exact) mass is 281 g/mol. The molecule has 1 unspecified atom stereocenters. The van der Waals surface area contributed by atoms with Gasteiger partial charge < -0.3 is 15.5 Å². The molecule has 1 atom stereocenters. The maximum atomic E-state index is 13.5. The Bertz CT molecular complexity index is 347. The van der Waals surface area contributed by atoms with E-state index in [9.17, 15) is 19.0 Å². The molecular formula is C9H10BrF2NO2. The van der Waals surface area contributed by atoms with E-state index >= 15 is 0 Å². The number of hydrogen-bond acceptors (Lipinski definition) is 3. The van der Waals surface area contributed by atoms with Crippen molar-refractivity contribution in [3.63, 3.8) is 0 Å². The van der Waals surface area contributed by atoms with E-state index in [1.807, 2.05) is 0 Å². The van der Waals surface area contributed by atoms with Gasteiger partial charge in [-0.05, 0) is 29.0 Å². The summed E-state index contributed by atoms with van der Waals surface area (Å²) in [4.78, 5) is 0. The van der Waals surface area contributed by atoms with E-state index in [1.54, 1.807) is 7.05 Å². The van der Waals surface area contributed by atoms with Crippen molar-refractivity contribution in [2.24, 2.45) is 0 Å². The lowest BCUT2D eigenvalue weighted by molar-refractivity contribution is 0.167. The number of nitrogens with one attached hydrogen (secondary N) is 1. The van der Waals surface area contributed by atoms with Crippen LogP contribution in [0.2, 0.25) is 0 Å². The maximum Gasteiger partial charge on any atom is 0.166 e. The lowest BCUT2D eigenvalue weighted by Gasteiger charge is -2.14. The first kappa shape index (κ1) is 12.4. The molecule has 0 spiro atoms. The largest absolute Gasteiger partial charge is 0.504 e. The number of hydrogen-bond donors (Lipinski definition) is 3. The van der Waals surface area contributed by atoms with E-state index in [4.69, 9.17) is 0 Å². The molecular weight excluding hydrogens is 272 g/mol. The van der Waals surface area contributed by atoms with Crippen molar-refractivity contribution < 1.29 is 19.0 Å². The summed E-state index contributed by atoms with van der Waals surface area (Å²) in [6.07, 6.45) is -1.30. The third kappa shape index (κ3) is 2.45. The molecule has 3 N–H and O–H groups in total. The van der Waals surface area contributed by atoms with E-state index in [0.717, 1.165) is 6.07 Å². The minimum absolute atomic E-state index is 0.0143. The van der Waals surface area contributed by atoms with Gasteiger partial charge in [-0.15, -0.1) is 0 Å². The summed E-state index contributed by atoms with van der Waals surface area (Å²) in [6, 6.07) is 0.806. The summed E-state index contributed by atoms with van der Waals surface area (Å²) in [7, 11) is 1.55. The van der Waals surface area contributed by atoms with E-state index in [-0.39, 0.29) is 11.0 Å². The van der Waals surface area contributed by atoms with Crippen LogP contribution in [-0.4, -0.2) is 23.8 Å². The van der Waals surface area contributed by atoms with Crippen molar-refractivity contribution in [3.05, 3.63) is 27.7 Å². The van der Waals surface area contributed by atoms with Crippen molar-refractivity contribution in [1.29, 1.82) is 0 Å². The first-order valence-electron chi connectivity index (χ1n) is 4.18. The maximum absolute atomic E-state index is 13.5. The van der Waals surface area contributed by atoms with Gasteiger partial charge in [0.1, 0.15) is 5.82 Å². The molecule has 84 valence electrons. The molecule has 15 heavy (non-hydrogen) atoms. The zero-order valence-electron chi connectivity index (χ0n) is 7.89. The number of aromatic hydroxyl groups is 1. The van der Waals surface area contributed by atoms with E-state index in [2.05, 4.69) is 21.2 Å². The number of likely N-dealkylation sites (N-methyl/N-ethyl adjacent to an activating group) is 1. The van der Waals surface area contributed by atoms with Gasteiger partial charge in [0, 0.05) is 6.54 Å². The lowest BCUT2D eigenvalue weighted by atomic mass is 10.1. The van der Waals surface area contributed by atoms with Gasteiger partial charge in [0.15, 0.2) is 11.6 Å². The smallest absolute Gasteiger partial charge is 0.166 e.